The molecule has 1 amide bonds. The van der Waals surface area contributed by atoms with E-state index >= 15 is 0 Å². The summed E-state index contributed by atoms with van der Waals surface area (Å²) in [5.41, 5.74) is 2.10. The maximum Gasteiger partial charge on any atom is 0.222 e. The second kappa shape index (κ2) is 9.50. The second-order valence-electron chi connectivity index (χ2n) is 6.53. The Balaban J connectivity index is 1.60. The van der Waals surface area contributed by atoms with Crippen LogP contribution in [0.3, 0.4) is 0 Å². The Bertz CT molecular complexity index is 774. The summed E-state index contributed by atoms with van der Waals surface area (Å²) in [6.07, 6.45) is 1.51. The van der Waals surface area contributed by atoms with Gasteiger partial charge in [-0.05, 0) is 13.3 Å². The predicted molar refractivity (Wildman–Crippen MR) is 111 cm³/mol. The molecule has 27 heavy (non-hydrogen) atoms. The molecule has 1 atom stereocenters. The molecule has 7 heteroatoms. The fraction of sp³-hybridized carbons (Fsp3) is 0.450. The summed E-state index contributed by atoms with van der Waals surface area (Å²) in [6.45, 7) is 6.84. The lowest BCUT2D eigenvalue weighted by atomic mass is 10.2. The van der Waals surface area contributed by atoms with Crippen molar-refractivity contribution in [2.45, 2.75) is 39.3 Å². The summed E-state index contributed by atoms with van der Waals surface area (Å²) < 4.78 is 0. The van der Waals surface area contributed by atoms with Crippen LogP contribution < -0.4 is 10.6 Å². The summed E-state index contributed by atoms with van der Waals surface area (Å²) in [7, 11) is 0. The standard InChI is InChI=1S/C20H27N5OS/c1-3-18(26)25-11-10-16(13-25)24-20(21-4-2)22-12-17-14-27-19(23-17)15-8-6-5-7-9-15/h5-9,14,16H,3-4,10-13H2,1-2H3,(H2,21,22,24). The van der Waals surface area contributed by atoms with Gasteiger partial charge >= 0.3 is 0 Å². The molecule has 3 rings (SSSR count). The molecule has 0 aliphatic carbocycles. The molecule has 1 aromatic heterocycles. The highest BCUT2D eigenvalue weighted by atomic mass is 32.1. The number of hydrogen-bond acceptors (Lipinski definition) is 4. The SMILES string of the molecule is CCNC(=NCc1csc(-c2ccccc2)n1)NC1CCN(C(=O)CC)C1. The largest absolute Gasteiger partial charge is 0.357 e. The van der Waals surface area contributed by atoms with Crippen LogP contribution in [0.1, 0.15) is 32.4 Å². The van der Waals surface area contributed by atoms with Gasteiger partial charge in [-0.3, -0.25) is 4.79 Å². The van der Waals surface area contributed by atoms with E-state index in [1.165, 1.54) is 0 Å². The van der Waals surface area contributed by atoms with Gasteiger partial charge in [0.15, 0.2) is 5.96 Å². The van der Waals surface area contributed by atoms with E-state index in [9.17, 15) is 4.79 Å². The Morgan fingerprint density at radius 3 is 2.89 bits per heavy atom. The highest BCUT2D eigenvalue weighted by Gasteiger charge is 2.25. The highest BCUT2D eigenvalue weighted by molar-refractivity contribution is 7.13. The van der Waals surface area contributed by atoms with Crippen LogP contribution in [0.5, 0.6) is 0 Å². The van der Waals surface area contributed by atoms with Crippen LogP contribution in [0, 0.1) is 0 Å². The van der Waals surface area contributed by atoms with Crippen LogP contribution in [0.25, 0.3) is 10.6 Å². The van der Waals surface area contributed by atoms with Crippen LogP contribution in [-0.2, 0) is 11.3 Å². The van der Waals surface area contributed by atoms with Gasteiger partial charge in [-0.15, -0.1) is 11.3 Å². The number of likely N-dealkylation sites (tertiary alicyclic amines) is 1. The first kappa shape index (κ1) is 19.4. The number of benzene rings is 1. The topological polar surface area (TPSA) is 69.6 Å². The van der Waals surface area contributed by atoms with Gasteiger partial charge < -0.3 is 15.5 Å². The third kappa shape index (κ3) is 5.29. The third-order valence-electron chi connectivity index (χ3n) is 4.50. The molecule has 2 N–H and O–H groups in total. The number of carbonyl (C=O) groups excluding carboxylic acids is 1. The van der Waals surface area contributed by atoms with Gasteiger partial charge in [0.2, 0.25) is 5.91 Å². The third-order valence-corrected chi connectivity index (χ3v) is 5.44. The van der Waals surface area contributed by atoms with E-state index in [0.29, 0.717) is 13.0 Å². The van der Waals surface area contributed by atoms with Gasteiger partial charge in [-0.1, -0.05) is 37.3 Å². The van der Waals surface area contributed by atoms with Crippen molar-refractivity contribution in [3.63, 3.8) is 0 Å². The number of rotatable bonds is 6. The molecule has 1 saturated heterocycles. The Labute approximate surface area is 164 Å². The number of guanidine groups is 1. The minimum atomic E-state index is 0.220. The van der Waals surface area contributed by atoms with Gasteiger partial charge in [0.05, 0.1) is 12.2 Å². The smallest absolute Gasteiger partial charge is 0.222 e. The average molecular weight is 386 g/mol. The minimum Gasteiger partial charge on any atom is -0.357 e. The van der Waals surface area contributed by atoms with Crippen LogP contribution >= 0.6 is 11.3 Å². The fourth-order valence-electron chi connectivity index (χ4n) is 3.09. The van der Waals surface area contributed by atoms with E-state index in [2.05, 4.69) is 40.1 Å². The molecule has 0 bridgehead atoms. The first-order valence-electron chi connectivity index (χ1n) is 9.52. The molecule has 144 valence electrons. The number of hydrogen-bond donors (Lipinski definition) is 2. The number of aliphatic imine (C=N–C) groups is 1. The lowest BCUT2D eigenvalue weighted by Crippen LogP contribution is -2.45. The van der Waals surface area contributed by atoms with E-state index in [4.69, 9.17) is 4.98 Å². The molecular formula is C20H27N5OS. The monoisotopic (exact) mass is 385 g/mol. The highest BCUT2D eigenvalue weighted by Crippen LogP contribution is 2.23. The van der Waals surface area contributed by atoms with Crippen molar-refractivity contribution in [1.29, 1.82) is 0 Å². The Hall–Kier alpha value is -2.41. The lowest BCUT2D eigenvalue weighted by molar-refractivity contribution is -0.129. The fourth-order valence-corrected chi connectivity index (χ4v) is 3.91. The van der Waals surface area contributed by atoms with Crippen molar-refractivity contribution in [3.05, 3.63) is 41.4 Å². The molecule has 2 aromatic rings. The molecule has 1 aliphatic heterocycles. The lowest BCUT2D eigenvalue weighted by Gasteiger charge is -2.18. The first-order chi connectivity index (χ1) is 13.2. The van der Waals surface area contributed by atoms with Crippen LogP contribution in [0.4, 0.5) is 0 Å². The predicted octanol–water partition coefficient (Wildman–Crippen LogP) is 2.88. The summed E-state index contributed by atoms with van der Waals surface area (Å²) in [6, 6.07) is 10.4. The van der Waals surface area contributed by atoms with Gasteiger partial charge in [-0.2, -0.15) is 0 Å². The van der Waals surface area contributed by atoms with Crippen molar-refractivity contribution >= 4 is 23.2 Å². The van der Waals surface area contributed by atoms with E-state index < -0.39 is 0 Å². The summed E-state index contributed by atoms with van der Waals surface area (Å²) in [5.74, 6) is 1.000. The number of nitrogens with zero attached hydrogens (tertiary/aromatic N) is 3. The molecule has 1 fully saturated rings. The molecule has 1 aromatic carbocycles. The zero-order valence-electron chi connectivity index (χ0n) is 15.9. The maximum atomic E-state index is 11.8. The quantitative estimate of drug-likeness (QED) is 0.593. The number of amides is 1. The number of nitrogens with one attached hydrogen (secondary N) is 2. The first-order valence-corrected chi connectivity index (χ1v) is 10.4. The maximum absolute atomic E-state index is 11.8. The Morgan fingerprint density at radius 2 is 2.15 bits per heavy atom. The van der Waals surface area contributed by atoms with Gasteiger partial charge in [-0.25, -0.2) is 9.98 Å². The molecule has 6 nitrogen and oxygen atoms in total. The van der Waals surface area contributed by atoms with Crippen molar-refractivity contribution in [2.24, 2.45) is 4.99 Å². The van der Waals surface area contributed by atoms with E-state index in [1.54, 1.807) is 11.3 Å². The van der Waals surface area contributed by atoms with Gasteiger partial charge in [0.1, 0.15) is 5.01 Å². The molecule has 1 unspecified atom stereocenters. The molecule has 0 spiro atoms. The zero-order valence-corrected chi connectivity index (χ0v) is 16.8. The van der Waals surface area contributed by atoms with Crippen molar-refractivity contribution in [2.75, 3.05) is 19.6 Å². The summed E-state index contributed by atoms with van der Waals surface area (Å²) >= 11 is 1.64. The van der Waals surface area contributed by atoms with Gasteiger partial charge in [0, 0.05) is 43.0 Å². The molecule has 0 radical (unpaired) electrons. The van der Waals surface area contributed by atoms with E-state index in [1.807, 2.05) is 30.0 Å². The molecule has 1 aliphatic rings. The van der Waals surface area contributed by atoms with Gasteiger partial charge in [0.25, 0.3) is 0 Å². The average Bonchev–Trinajstić information content (AvgIpc) is 3.36. The minimum absolute atomic E-state index is 0.220. The number of carbonyl (C=O) groups is 1. The molecule has 2 heterocycles. The van der Waals surface area contributed by atoms with E-state index in [-0.39, 0.29) is 11.9 Å². The second-order valence-corrected chi connectivity index (χ2v) is 7.39. The van der Waals surface area contributed by atoms with Crippen LogP contribution in [-0.4, -0.2) is 47.4 Å². The normalized spacial score (nSPS) is 17.2. The summed E-state index contributed by atoms with van der Waals surface area (Å²) in [4.78, 5) is 23.1. The Morgan fingerprint density at radius 1 is 1.33 bits per heavy atom. The van der Waals surface area contributed by atoms with Crippen molar-refractivity contribution < 1.29 is 4.79 Å². The van der Waals surface area contributed by atoms with Crippen molar-refractivity contribution in [3.8, 4) is 10.6 Å². The van der Waals surface area contributed by atoms with Crippen LogP contribution in [0.15, 0.2) is 40.7 Å². The van der Waals surface area contributed by atoms with E-state index in [0.717, 1.165) is 48.3 Å². The molecule has 0 saturated carbocycles. The number of aromatic nitrogens is 1. The number of thiazole rings is 1. The van der Waals surface area contributed by atoms with Crippen LogP contribution in [0.2, 0.25) is 0 Å². The summed E-state index contributed by atoms with van der Waals surface area (Å²) in [5, 5.41) is 9.82. The Kier molecular flexibility index (Phi) is 6.81. The molecular weight excluding hydrogens is 358 g/mol. The zero-order chi connectivity index (χ0) is 19.1. The van der Waals surface area contributed by atoms with Crippen molar-refractivity contribution in [1.82, 2.24) is 20.5 Å².